The fraction of sp³-hybridized carbons (Fsp3) is 0.519. The van der Waals surface area contributed by atoms with E-state index in [2.05, 4.69) is 5.32 Å². The van der Waals surface area contributed by atoms with Gasteiger partial charge in [0.25, 0.3) is 0 Å². The lowest BCUT2D eigenvalue weighted by molar-refractivity contribution is -0.123. The minimum atomic E-state index is -0.189. The highest BCUT2D eigenvalue weighted by molar-refractivity contribution is 6.32. The molecule has 2 aliphatic carbocycles. The molecule has 2 saturated carbocycles. The number of rotatable bonds is 7. The van der Waals surface area contributed by atoms with Gasteiger partial charge in [-0.05, 0) is 69.1 Å². The van der Waals surface area contributed by atoms with Crippen molar-refractivity contribution in [3.05, 3.63) is 52.5 Å². The molecule has 5 rings (SSSR count). The van der Waals surface area contributed by atoms with E-state index in [1.807, 2.05) is 36.4 Å². The SMILES string of the molecule is COc1cccc(CCC(=O)N[C@H]2CC3(CCC3)Oc3c(Cl)cccc32)c1OC1CCCC1. The number of nitrogens with one attached hydrogen (secondary N) is 1. The number of ether oxygens (including phenoxy) is 3. The zero-order valence-corrected chi connectivity index (χ0v) is 20.0. The van der Waals surface area contributed by atoms with Gasteiger partial charge in [0.15, 0.2) is 11.5 Å². The fourth-order valence-corrected chi connectivity index (χ4v) is 5.61. The van der Waals surface area contributed by atoms with Gasteiger partial charge in [-0.1, -0.05) is 35.9 Å². The number of hydrogen-bond donors (Lipinski definition) is 1. The van der Waals surface area contributed by atoms with Crippen LogP contribution in [-0.2, 0) is 11.2 Å². The smallest absolute Gasteiger partial charge is 0.220 e. The number of benzene rings is 2. The second-order valence-corrected chi connectivity index (χ2v) is 10.0. The van der Waals surface area contributed by atoms with Crippen LogP contribution in [0.25, 0.3) is 0 Å². The Morgan fingerprint density at radius 1 is 1.15 bits per heavy atom. The number of carbonyl (C=O) groups is 1. The first-order valence-electron chi connectivity index (χ1n) is 12.2. The van der Waals surface area contributed by atoms with E-state index < -0.39 is 0 Å². The van der Waals surface area contributed by atoms with Crippen LogP contribution in [0.2, 0.25) is 5.02 Å². The molecule has 3 aliphatic rings. The van der Waals surface area contributed by atoms with Crippen LogP contribution >= 0.6 is 11.6 Å². The first kappa shape index (κ1) is 22.4. The zero-order valence-electron chi connectivity index (χ0n) is 19.2. The van der Waals surface area contributed by atoms with Crippen molar-refractivity contribution in [1.29, 1.82) is 0 Å². The summed E-state index contributed by atoms with van der Waals surface area (Å²) >= 11 is 6.45. The number of hydrogen-bond acceptors (Lipinski definition) is 4. The van der Waals surface area contributed by atoms with Crippen LogP contribution in [0.1, 0.15) is 75.0 Å². The topological polar surface area (TPSA) is 56.8 Å². The van der Waals surface area contributed by atoms with Crippen molar-refractivity contribution in [1.82, 2.24) is 5.32 Å². The molecular formula is C27H32ClNO4. The molecule has 1 spiro atoms. The number of halogens is 1. The van der Waals surface area contributed by atoms with E-state index in [9.17, 15) is 4.79 Å². The van der Waals surface area contributed by atoms with Gasteiger partial charge in [-0.3, -0.25) is 4.79 Å². The molecule has 1 atom stereocenters. The van der Waals surface area contributed by atoms with E-state index in [1.54, 1.807) is 7.11 Å². The number of para-hydroxylation sites is 2. The molecule has 176 valence electrons. The van der Waals surface area contributed by atoms with Gasteiger partial charge < -0.3 is 19.5 Å². The van der Waals surface area contributed by atoms with Crippen LogP contribution in [-0.4, -0.2) is 24.7 Å². The fourth-order valence-electron chi connectivity index (χ4n) is 5.39. The Hall–Kier alpha value is -2.40. The van der Waals surface area contributed by atoms with Gasteiger partial charge in [-0.2, -0.15) is 0 Å². The predicted octanol–water partition coefficient (Wildman–Crippen LogP) is 6.17. The zero-order chi connectivity index (χ0) is 22.8. The highest BCUT2D eigenvalue weighted by Crippen LogP contribution is 2.50. The summed E-state index contributed by atoms with van der Waals surface area (Å²) in [6.45, 7) is 0. The van der Waals surface area contributed by atoms with E-state index in [0.29, 0.717) is 17.9 Å². The highest BCUT2D eigenvalue weighted by Gasteiger charge is 2.46. The third-order valence-corrected chi connectivity index (χ3v) is 7.65. The normalized spacial score (nSPS) is 21.1. The average Bonchev–Trinajstić information content (AvgIpc) is 3.31. The summed E-state index contributed by atoms with van der Waals surface area (Å²) < 4.78 is 18.2. The standard InChI is InChI=1S/C27H32ClNO4/c1-31-23-12-4-7-18(25(23)32-19-8-2-3-9-19)13-14-24(30)29-22-17-27(15-6-16-27)33-26-20(22)10-5-11-21(26)28/h4-5,7,10-12,19,22H,2-3,6,8-9,13-17H2,1H3,(H,29,30)/t22-/m0/s1. The maximum absolute atomic E-state index is 13.1. The van der Waals surface area contributed by atoms with Gasteiger partial charge in [0.2, 0.25) is 5.91 Å². The number of amides is 1. The third-order valence-electron chi connectivity index (χ3n) is 7.36. The molecule has 1 aliphatic heterocycles. The molecule has 5 nitrogen and oxygen atoms in total. The number of aryl methyl sites for hydroxylation is 1. The average molecular weight is 470 g/mol. The Bertz CT molecular complexity index is 1010. The maximum atomic E-state index is 13.1. The van der Waals surface area contributed by atoms with Gasteiger partial charge >= 0.3 is 0 Å². The van der Waals surface area contributed by atoms with E-state index in [-0.39, 0.29) is 23.7 Å². The molecule has 2 aromatic rings. The highest BCUT2D eigenvalue weighted by atomic mass is 35.5. The summed E-state index contributed by atoms with van der Waals surface area (Å²) in [5, 5.41) is 3.88. The van der Waals surface area contributed by atoms with Gasteiger partial charge in [0.1, 0.15) is 11.4 Å². The minimum absolute atomic E-state index is 0.0249. The summed E-state index contributed by atoms with van der Waals surface area (Å²) in [5.74, 6) is 2.28. The number of carbonyl (C=O) groups excluding carboxylic acids is 1. The van der Waals surface area contributed by atoms with Crippen LogP contribution in [0.4, 0.5) is 0 Å². The molecule has 1 amide bonds. The quantitative estimate of drug-likeness (QED) is 0.527. The van der Waals surface area contributed by atoms with Gasteiger partial charge in [-0.25, -0.2) is 0 Å². The molecule has 6 heteroatoms. The third kappa shape index (κ3) is 4.65. The van der Waals surface area contributed by atoms with Crippen molar-refractivity contribution in [2.24, 2.45) is 0 Å². The minimum Gasteiger partial charge on any atom is -0.493 e. The Morgan fingerprint density at radius 2 is 1.94 bits per heavy atom. The first-order chi connectivity index (χ1) is 16.1. The molecule has 0 saturated heterocycles. The molecule has 2 fully saturated rings. The van der Waals surface area contributed by atoms with Crippen molar-refractivity contribution in [2.75, 3.05) is 7.11 Å². The lowest BCUT2D eigenvalue weighted by Gasteiger charge is -2.48. The Kier molecular flexibility index (Phi) is 6.42. The summed E-state index contributed by atoms with van der Waals surface area (Å²) in [7, 11) is 1.66. The van der Waals surface area contributed by atoms with Crippen molar-refractivity contribution in [3.63, 3.8) is 0 Å². The largest absolute Gasteiger partial charge is 0.493 e. The number of methoxy groups -OCH3 is 1. The van der Waals surface area contributed by atoms with Crippen LogP contribution < -0.4 is 19.5 Å². The van der Waals surface area contributed by atoms with E-state index in [4.69, 9.17) is 25.8 Å². The van der Waals surface area contributed by atoms with E-state index in [1.165, 1.54) is 12.8 Å². The first-order valence-corrected chi connectivity index (χ1v) is 12.5. The lowest BCUT2D eigenvalue weighted by Crippen LogP contribution is -2.49. The summed E-state index contributed by atoms with van der Waals surface area (Å²) in [6.07, 6.45) is 9.74. The summed E-state index contributed by atoms with van der Waals surface area (Å²) in [4.78, 5) is 13.1. The molecule has 33 heavy (non-hydrogen) atoms. The van der Waals surface area contributed by atoms with Crippen molar-refractivity contribution < 1.29 is 19.0 Å². The lowest BCUT2D eigenvalue weighted by atomic mass is 9.73. The second-order valence-electron chi connectivity index (χ2n) is 9.59. The monoisotopic (exact) mass is 469 g/mol. The van der Waals surface area contributed by atoms with Crippen molar-refractivity contribution >= 4 is 17.5 Å². The molecule has 0 radical (unpaired) electrons. The van der Waals surface area contributed by atoms with Crippen molar-refractivity contribution in [2.45, 2.75) is 82.0 Å². The maximum Gasteiger partial charge on any atom is 0.220 e. The molecule has 0 aromatic heterocycles. The molecule has 2 aromatic carbocycles. The van der Waals surface area contributed by atoms with Gasteiger partial charge in [0, 0.05) is 18.4 Å². The second kappa shape index (κ2) is 9.46. The molecule has 1 heterocycles. The molecular weight excluding hydrogens is 438 g/mol. The van der Waals surface area contributed by atoms with Gasteiger partial charge in [0.05, 0.1) is 24.3 Å². The molecule has 0 bridgehead atoms. The van der Waals surface area contributed by atoms with Crippen molar-refractivity contribution in [3.8, 4) is 17.2 Å². The van der Waals surface area contributed by atoms with Crippen LogP contribution in [0.3, 0.4) is 0 Å². The van der Waals surface area contributed by atoms with Crippen LogP contribution in [0.15, 0.2) is 36.4 Å². The Morgan fingerprint density at radius 3 is 2.67 bits per heavy atom. The predicted molar refractivity (Wildman–Crippen MR) is 128 cm³/mol. The van der Waals surface area contributed by atoms with Crippen LogP contribution in [0.5, 0.6) is 17.2 Å². The Balaban J connectivity index is 1.28. The summed E-state index contributed by atoms with van der Waals surface area (Å²) in [5.41, 5.74) is 1.80. The Labute approximate surface area is 200 Å². The van der Waals surface area contributed by atoms with E-state index >= 15 is 0 Å². The summed E-state index contributed by atoms with van der Waals surface area (Å²) in [6, 6.07) is 11.6. The molecule has 1 N–H and O–H groups in total. The van der Waals surface area contributed by atoms with E-state index in [0.717, 1.165) is 66.9 Å². The molecule has 0 unspecified atom stereocenters. The number of fused-ring (bicyclic) bond motifs is 1. The van der Waals surface area contributed by atoms with Crippen LogP contribution in [0, 0.1) is 0 Å². The van der Waals surface area contributed by atoms with Gasteiger partial charge in [-0.15, -0.1) is 0 Å².